The lowest BCUT2D eigenvalue weighted by Crippen LogP contribution is -2.41. The van der Waals surface area contributed by atoms with Crippen molar-refractivity contribution in [3.05, 3.63) is 69.9 Å². The second-order valence-electron chi connectivity index (χ2n) is 12.6. The standard InChI is InChI=1S/C32H41ClN6O2/c1-21-6-9-28-27(16-21)36-29-25(19-35-37(29)5)20-39(28)31(41)23-7-8-24(26(33)17-23)18-34-30(40)22-10-13-38(14-11-22)15-12-32(2,3)4/h6-9,16-17,19,22,36H,10-15,18,20H2,1-5H3,(H,34,40). The van der Waals surface area contributed by atoms with Crippen LogP contribution in [0.1, 0.15) is 67.1 Å². The van der Waals surface area contributed by atoms with Crippen LogP contribution in [0.4, 0.5) is 17.2 Å². The summed E-state index contributed by atoms with van der Waals surface area (Å²) in [6.07, 6.45) is 4.70. The van der Waals surface area contributed by atoms with Crippen LogP contribution >= 0.6 is 11.6 Å². The summed E-state index contributed by atoms with van der Waals surface area (Å²) in [5, 5.41) is 11.4. The van der Waals surface area contributed by atoms with Crippen LogP contribution in [0.15, 0.2) is 42.6 Å². The first-order valence-corrected chi connectivity index (χ1v) is 14.9. The molecule has 1 fully saturated rings. The molecule has 1 aromatic heterocycles. The summed E-state index contributed by atoms with van der Waals surface area (Å²) in [7, 11) is 1.88. The predicted molar refractivity (Wildman–Crippen MR) is 165 cm³/mol. The lowest BCUT2D eigenvalue weighted by molar-refractivity contribution is -0.126. The fraction of sp³-hybridized carbons (Fsp3) is 0.469. The molecule has 1 saturated heterocycles. The van der Waals surface area contributed by atoms with E-state index in [4.69, 9.17) is 11.6 Å². The monoisotopic (exact) mass is 576 g/mol. The molecule has 2 aliphatic heterocycles. The topological polar surface area (TPSA) is 82.5 Å². The highest BCUT2D eigenvalue weighted by Crippen LogP contribution is 2.37. The maximum absolute atomic E-state index is 13.8. The van der Waals surface area contributed by atoms with E-state index in [1.165, 1.54) is 0 Å². The van der Waals surface area contributed by atoms with Crippen LogP contribution in [0.25, 0.3) is 0 Å². The Morgan fingerprint density at radius 1 is 1.12 bits per heavy atom. The minimum atomic E-state index is -0.149. The number of nitrogens with one attached hydrogen (secondary N) is 2. The van der Waals surface area contributed by atoms with Crippen LogP contribution in [0.3, 0.4) is 0 Å². The van der Waals surface area contributed by atoms with Gasteiger partial charge in [-0.2, -0.15) is 5.10 Å². The first kappa shape index (κ1) is 29.1. The molecule has 3 heterocycles. The molecule has 5 rings (SSSR count). The number of nitrogens with zero attached hydrogens (tertiary/aromatic N) is 4. The molecule has 2 aromatic carbocycles. The predicted octanol–water partition coefficient (Wildman–Crippen LogP) is 6.05. The summed E-state index contributed by atoms with van der Waals surface area (Å²) in [5.41, 5.74) is 5.29. The van der Waals surface area contributed by atoms with Gasteiger partial charge in [-0.3, -0.25) is 14.3 Å². The summed E-state index contributed by atoms with van der Waals surface area (Å²) in [6.45, 7) is 12.6. The van der Waals surface area contributed by atoms with Gasteiger partial charge in [0.1, 0.15) is 5.82 Å². The maximum atomic E-state index is 13.8. The van der Waals surface area contributed by atoms with Crippen molar-refractivity contribution in [2.45, 2.75) is 60.0 Å². The van der Waals surface area contributed by atoms with Gasteiger partial charge in [0.2, 0.25) is 5.91 Å². The molecule has 41 heavy (non-hydrogen) atoms. The van der Waals surface area contributed by atoms with E-state index in [2.05, 4.69) is 41.4 Å². The van der Waals surface area contributed by atoms with E-state index < -0.39 is 0 Å². The third kappa shape index (κ3) is 6.76. The number of hydrogen-bond acceptors (Lipinski definition) is 5. The zero-order valence-corrected chi connectivity index (χ0v) is 25.5. The maximum Gasteiger partial charge on any atom is 0.258 e. The van der Waals surface area contributed by atoms with Gasteiger partial charge in [-0.05, 0) is 86.6 Å². The highest BCUT2D eigenvalue weighted by atomic mass is 35.5. The Balaban J connectivity index is 1.23. The number of anilines is 3. The van der Waals surface area contributed by atoms with Crippen molar-refractivity contribution >= 4 is 40.6 Å². The van der Waals surface area contributed by atoms with Crippen molar-refractivity contribution in [3.63, 3.8) is 0 Å². The van der Waals surface area contributed by atoms with E-state index in [-0.39, 0.29) is 17.7 Å². The number of benzene rings is 2. The molecule has 2 amide bonds. The number of carbonyl (C=O) groups excluding carboxylic acids is 2. The van der Waals surface area contributed by atoms with Gasteiger partial charge in [0.15, 0.2) is 0 Å². The number of fused-ring (bicyclic) bond motifs is 2. The van der Waals surface area contributed by atoms with Crippen molar-refractivity contribution in [1.29, 1.82) is 0 Å². The highest BCUT2D eigenvalue weighted by molar-refractivity contribution is 6.32. The van der Waals surface area contributed by atoms with E-state index in [9.17, 15) is 9.59 Å². The number of carbonyl (C=O) groups is 2. The summed E-state index contributed by atoms with van der Waals surface area (Å²) >= 11 is 6.66. The fourth-order valence-electron chi connectivity index (χ4n) is 5.53. The van der Waals surface area contributed by atoms with E-state index >= 15 is 0 Å². The molecular weight excluding hydrogens is 536 g/mol. The normalized spacial score (nSPS) is 16.0. The van der Waals surface area contributed by atoms with Gasteiger partial charge in [0.25, 0.3) is 5.91 Å². The number of likely N-dealkylation sites (tertiary alicyclic amines) is 1. The number of piperidine rings is 1. The number of aromatic nitrogens is 2. The SMILES string of the molecule is Cc1ccc2c(c1)Nc1c(cnn1C)CN2C(=O)c1ccc(CNC(=O)C2CCN(CCC(C)(C)C)CC2)c(Cl)c1. The molecule has 0 spiro atoms. The molecule has 0 aliphatic carbocycles. The Kier molecular flexibility index (Phi) is 8.43. The third-order valence-electron chi connectivity index (χ3n) is 8.17. The molecule has 2 N–H and O–H groups in total. The Morgan fingerprint density at radius 2 is 1.88 bits per heavy atom. The van der Waals surface area contributed by atoms with E-state index in [1.54, 1.807) is 27.9 Å². The minimum Gasteiger partial charge on any atom is -0.352 e. The number of hydrogen-bond donors (Lipinski definition) is 2. The molecule has 3 aromatic rings. The number of rotatable bonds is 6. The zero-order chi connectivity index (χ0) is 29.3. The highest BCUT2D eigenvalue weighted by Gasteiger charge is 2.28. The van der Waals surface area contributed by atoms with Gasteiger partial charge < -0.3 is 20.4 Å². The van der Waals surface area contributed by atoms with Crippen molar-refractivity contribution in [2.75, 3.05) is 29.9 Å². The van der Waals surface area contributed by atoms with Gasteiger partial charge in [-0.15, -0.1) is 0 Å². The van der Waals surface area contributed by atoms with Crippen LogP contribution in [-0.4, -0.2) is 46.1 Å². The summed E-state index contributed by atoms with van der Waals surface area (Å²) in [6, 6.07) is 11.3. The quantitative estimate of drug-likeness (QED) is 0.373. The molecule has 0 atom stereocenters. The Labute approximate surface area is 248 Å². The van der Waals surface area contributed by atoms with Gasteiger partial charge in [0, 0.05) is 35.7 Å². The van der Waals surface area contributed by atoms with Gasteiger partial charge in [-0.25, -0.2) is 0 Å². The third-order valence-corrected chi connectivity index (χ3v) is 8.53. The molecule has 218 valence electrons. The number of amides is 2. The van der Waals surface area contributed by atoms with Crippen LogP contribution < -0.4 is 15.5 Å². The first-order chi connectivity index (χ1) is 19.5. The van der Waals surface area contributed by atoms with E-state index in [0.717, 1.165) is 72.8 Å². The number of aryl methyl sites for hydroxylation is 2. The van der Waals surface area contributed by atoms with Crippen molar-refractivity contribution in [1.82, 2.24) is 20.0 Å². The van der Waals surface area contributed by atoms with Crippen LogP contribution in [0, 0.1) is 18.3 Å². The molecule has 8 nitrogen and oxygen atoms in total. The van der Waals surface area contributed by atoms with Crippen LogP contribution in [0.5, 0.6) is 0 Å². The average molecular weight is 577 g/mol. The number of halogens is 1. The Morgan fingerprint density at radius 3 is 2.59 bits per heavy atom. The first-order valence-electron chi connectivity index (χ1n) is 14.5. The average Bonchev–Trinajstić information content (AvgIpc) is 3.18. The molecule has 0 radical (unpaired) electrons. The van der Waals surface area contributed by atoms with E-state index in [0.29, 0.717) is 29.1 Å². The van der Waals surface area contributed by atoms with E-state index in [1.807, 2.05) is 38.2 Å². The summed E-state index contributed by atoms with van der Waals surface area (Å²) in [4.78, 5) is 31.0. The lowest BCUT2D eigenvalue weighted by Gasteiger charge is -2.33. The molecule has 0 unspecified atom stereocenters. The fourth-order valence-corrected chi connectivity index (χ4v) is 5.78. The zero-order valence-electron chi connectivity index (χ0n) is 24.8. The van der Waals surface area contributed by atoms with Crippen LogP contribution in [0.2, 0.25) is 5.02 Å². The van der Waals surface area contributed by atoms with Crippen LogP contribution in [-0.2, 0) is 24.9 Å². The molecule has 0 bridgehead atoms. The minimum absolute atomic E-state index is 0.0261. The van der Waals surface area contributed by atoms with Gasteiger partial charge in [-0.1, -0.05) is 44.5 Å². The second kappa shape index (κ2) is 11.9. The largest absolute Gasteiger partial charge is 0.352 e. The Bertz CT molecular complexity index is 1430. The van der Waals surface area contributed by atoms with Crippen molar-refractivity contribution < 1.29 is 9.59 Å². The van der Waals surface area contributed by atoms with Crippen molar-refractivity contribution in [2.24, 2.45) is 18.4 Å². The molecule has 0 saturated carbocycles. The second-order valence-corrected chi connectivity index (χ2v) is 13.0. The lowest BCUT2D eigenvalue weighted by atomic mass is 9.90. The summed E-state index contributed by atoms with van der Waals surface area (Å²) < 4.78 is 1.78. The smallest absolute Gasteiger partial charge is 0.258 e. The van der Waals surface area contributed by atoms with Gasteiger partial charge >= 0.3 is 0 Å². The van der Waals surface area contributed by atoms with Crippen molar-refractivity contribution in [3.8, 4) is 0 Å². The molecular formula is C32H41ClN6O2. The molecule has 2 aliphatic rings. The van der Waals surface area contributed by atoms with Gasteiger partial charge in [0.05, 0.1) is 24.1 Å². The molecule has 9 heteroatoms. The Hall–Kier alpha value is -3.36. The summed E-state index contributed by atoms with van der Waals surface area (Å²) in [5.74, 6) is 0.822.